The van der Waals surface area contributed by atoms with Crippen LogP contribution in [0.25, 0.3) is 296 Å². The molecule has 30 aromatic rings. The molecule has 0 saturated heterocycles. The molecule has 145 heavy (non-hydrogen) atoms. The second-order valence-corrected chi connectivity index (χ2v) is 38.0. The number of rotatable bonds is 11. The average Bonchev–Trinajstić information content (AvgIpc) is 1.61. The van der Waals surface area contributed by atoms with E-state index in [0.29, 0.717) is 0 Å². The highest BCUT2D eigenvalue weighted by atomic mass is 16.3. The van der Waals surface area contributed by atoms with Crippen molar-refractivity contribution in [2.75, 3.05) is 0 Å². The van der Waals surface area contributed by atoms with E-state index in [1.54, 1.807) is 0 Å². The third kappa shape index (κ3) is 14.2. The molecule has 0 unspecified atom stereocenters. The summed E-state index contributed by atoms with van der Waals surface area (Å²) in [7, 11) is 0. The standard InChI is InChI=1S/2C48H30O.C46H28O/c1-3-15-31(16-4-1)33-29-43-37-21-13-14-26-45(37)49-48(43)44(30-33)47-40-24-11-9-22-38(40)46(39-23-10-12-25-41(39)47)42-28-27-34(32-17-5-2-6-18-32)35-19-7-8-20-36(35)42;1-2-13-33(14-3-1)37-28-29-43-38-16-10-11-21-44(38)49-48(43)47(37)46-41-19-8-6-17-39(41)45(40-18-7-9-20-42(40)46)34-25-22-32(23-26-34)36-27-24-31-12-4-5-15-35(31)30-36;1-2-14-29(15-3-1)31-27-41-35-20-12-13-25-43(35)47-46(41)42(28-31)45-38-23-10-8-21-36(38)44(37-22-9-11-24-39(37)45)40-26-30-16-4-5-17-32(30)33-18-6-7-19-34(33)40/h2*1-30H;1-28H. The normalized spacial score (nSPS) is 11.7. The first-order chi connectivity index (χ1) is 72.0. The number of hydrogen-bond acceptors (Lipinski definition) is 3. The smallest absolute Gasteiger partial charge is 0.143 e. The van der Waals surface area contributed by atoms with Crippen molar-refractivity contribution in [3.8, 4) is 122 Å². The van der Waals surface area contributed by atoms with E-state index >= 15 is 0 Å². The zero-order chi connectivity index (χ0) is 95.5. The Balaban J connectivity index is 0.000000106. The zero-order valence-corrected chi connectivity index (χ0v) is 79.0. The van der Waals surface area contributed by atoms with E-state index in [2.05, 4.69) is 528 Å². The summed E-state index contributed by atoms with van der Waals surface area (Å²) in [6, 6.07) is 193. The Morgan fingerprint density at radius 1 is 0.0966 bits per heavy atom. The Bertz CT molecular complexity index is 10300. The molecule has 27 aromatic carbocycles. The lowest BCUT2D eigenvalue weighted by molar-refractivity contribution is 0.670. The van der Waals surface area contributed by atoms with Crippen LogP contribution >= 0.6 is 0 Å². The van der Waals surface area contributed by atoms with Gasteiger partial charge in [0.1, 0.15) is 33.5 Å². The highest BCUT2D eigenvalue weighted by Gasteiger charge is 2.29. The Hall–Kier alpha value is -19.1. The number of para-hydroxylation sites is 3. The van der Waals surface area contributed by atoms with Gasteiger partial charge in [-0.3, -0.25) is 0 Å². The molecule has 0 fully saturated rings. The van der Waals surface area contributed by atoms with Crippen molar-refractivity contribution in [1.82, 2.24) is 0 Å². The topological polar surface area (TPSA) is 39.4 Å². The molecule has 0 saturated carbocycles. The van der Waals surface area contributed by atoms with Crippen molar-refractivity contribution in [1.29, 1.82) is 0 Å². The summed E-state index contributed by atoms with van der Waals surface area (Å²) in [5, 5.41) is 31.5. The van der Waals surface area contributed by atoms with E-state index in [9.17, 15) is 0 Å². The minimum atomic E-state index is 0.902. The number of fused-ring (bicyclic) bond motifs is 20. The molecule has 3 aromatic heterocycles. The molecule has 674 valence electrons. The maximum absolute atomic E-state index is 6.79. The van der Waals surface area contributed by atoms with Gasteiger partial charge in [-0.2, -0.15) is 0 Å². The van der Waals surface area contributed by atoms with Gasteiger partial charge in [0.25, 0.3) is 0 Å². The molecule has 0 N–H and O–H groups in total. The van der Waals surface area contributed by atoms with Gasteiger partial charge in [-0.15, -0.1) is 0 Å². The van der Waals surface area contributed by atoms with Crippen LogP contribution in [0.2, 0.25) is 0 Å². The second-order valence-electron chi connectivity index (χ2n) is 38.0. The molecular weight excluding hydrogens is 1750 g/mol. The van der Waals surface area contributed by atoms with Crippen LogP contribution in [0, 0.1) is 0 Å². The van der Waals surface area contributed by atoms with Crippen LogP contribution in [0.15, 0.2) is 547 Å². The highest BCUT2D eigenvalue weighted by Crippen LogP contribution is 2.56. The van der Waals surface area contributed by atoms with Crippen LogP contribution < -0.4 is 0 Å². The summed E-state index contributed by atoms with van der Waals surface area (Å²) < 4.78 is 20.3. The number of hydrogen-bond donors (Lipinski definition) is 0. The predicted molar refractivity (Wildman–Crippen MR) is 616 cm³/mol. The van der Waals surface area contributed by atoms with Crippen molar-refractivity contribution in [3.63, 3.8) is 0 Å². The fraction of sp³-hybridized carbons (Fsp3) is 0. The molecule has 0 radical (unpaired) electrons. The summed E-state index contributed by atoms with van der Waals surface area (Å²) in [5.41, 5.74) is 31.8. The largest absolute Gasteiger partial charge is 0.455 e. The molecule has 0 aliphatic heterocycles. The second kappa shape index (κ2) is 35.1. The summed E-state index contributed by atoms with van der Waals surface area (Å²) in [4.78, 5) is 0. The molecule has 0 bridgehead atoms. The third-order valence-corrected chi connectivity index (χ3v) is 30.0. The van der Waals surface area contributed by atoms with E-state index in [4.69, 9.17) is 13.3 Å². The minimum Gasteiger partial charge on any atom is -0.455 e. The molecule has 0 aliphatic rings. The average molecular weight is 1840 g/mol. The van der Waals surface area contributed by atoms with Crippen LogP contribution in [0.4, 0.5) is 0 Å². The molecule has 0 amide bonds. The van der Waals surface area contributed by atoms with Gasteiger partial charge in [0.2, 0.25) is 0 Å². The van der Waals surface area contributed by atoms with Gasteiger partial charge >= 0.3 is 0 Å². The molecule has 0 atom stereocenters. The van der Waals surface area contributed by atoms with Crippen molar-refractivity contribution >= 4 is 174 Å². The van der Waals surface area contributed by atoms with E-state index in [-0.39, 0.29) is 0 Å². The van der Waals surface area contributed by atoms with Crippen LogP contribution in [0.5, 0.6) is 0 Å². The first-order valence-electron chi connectivity index (χ1n) is 49.9. The van der Waals surface area contributed by atoms with Crippen LogP contribution in [0.3, 0.4) is 0 Å². The molecule has 0 aliphatic carbocycles. The third-order valence-electron chi connectivity index (χ3n) is 30.0. The van der Waals surface area contributed by atoms with E-state index in [0.717, 1.165) is 88.1 Å². The Morgan fingerprint density at radius 3 is 0.841 bits per heavy atom. The fourth-order valence-electron chi connectivity index (χ4n) is 23.5. The van der Waals surface area contributed by atoms with Crippen molar-refractivity contribution in [3.05, 3.63) is 534 Å². The molecule has 30 rings (SSSR count). The van der Waals surface area contributed by atoms with Crippen LogP contribution in [-0.2, 0) is 0 Å². The minimum absolute atomic E-state index is 0.902. The van der Waals surface area contributed by atoms with Crippen molar-refractivity contribution in [2.24, 2.45) is 0 Å². The Morgan fingerprint density at radius 2 is 0.386 bits per heavy atom. The molecule has 3 heteroatoms. The lowest BCUT2D eigenvalue weighted by Crippen LogP contribution is -1.93. The van der Waals surface area contributed by atoms with Crippen molar-refractivity contribution in [2.45, 2.75) is 0 Å². The van der Waals surface area contributed by atoms with Crippen LogP contribution in [-0.4, -0.2) is 0 Å². The summed E-state index contributed by atoms with van der Waals surface area (Å²) in [5.74, 6) is 0. The maximum Gasteiger partial charge on any atom is 0.143 e. The molecule has 0 spiro atoms. The van der Waals surface area contributed by atoms with Gasteiger partial charge in [-0.1, -0.05) is 473 Å². The summed E-state index contributed by atoms with van der Waals surface area (Å²) in [6.07, 6.45) is 0. The van der Waals surface area contributed by atoms with Gasteiger partial charge in [-0.25, -0.2) is 0 Å². The van der Waals surface area contributed by atoms with E-state index in [1.165, 1.54) is 208 Å². The predicted octanol–water partition coefficient (Wildman–Crippen LogP) is 40.6. The molecule has 3 heterocycles. The first-order valence-corrected chi connectivity index (χ1v) is 49.9. The quantitative estimate of drug-likeness (QED) is 0.0957. The number of furan rings is 3. The van der Waals surface area contributed by atoms with Gasteiger partial charge in [0, 0.05) is 65.7 Å². The van der Waals surface area contributed by atoms with Gasteiger partial charge < -0.3 is 13.3 Å². The number of benzene rings is 27. The Labute approximate surface area is 836 Å². The van der Waals surface area contributed by atoms with Crippen LogP contribution in [0.1, 0.15) is 0 Å². The first kappa shape index (κ1) is 84.0. The molecule has 3 nitrogen and oxygen atoms in total. The van der Waals surface area contributed by atoms with E-state index < -0.39 is 0 Å². The fourth-order valence-corrected chi connectivity index (χ4v) is 23.5. The van der Waals surface area contributed by atoms with Gasteiger partial charge in [0.15, 0.2) is 0 Å². The Kier molecular flexibility index (Phi) is 20.3. The van der Waals surface area contributed by atoms with E-state index in [1.807, 2.05) is 6.07 Å². The summed E-state index contributed by atoms with van der Waals surface area (Å²) >= 11 is 0. The van der Waals surface area contributed by atoms with Gasteiger partial charge in [-0.05, 0) is 257 Å². The zero-order valence-electron chi connectivity index (χ0n) is 79.0. The maximum atomic E-state index is 6.79. The van der Waals surface area contributed by atoms with Gasteiger partial charge in [0.05, 0.1) is 0 Å². The van der Waals surface area contributed by atoms with Crippen molar-refractivity contribution < 1.29 is 13.3 Å². The summed E-state index contributed by atoms with van der Waals surface area (Å²) in [6.45, 7) is 0. The SMILES string of the molecule is c1ccc(-c2cc(-c3c4ccccc4c(-c4cc5ccccc5c5ccccc45)c4ccccc34)c3oc4ccccc4c3c2)cc1.c1ccc(-c2cc(-c3c4ccccc4c(-c4ccc(-c5ccccc5)c5ccccc45)c4ccccc34)c3oc4ccccc4c3c2)cc1.c1ccc(-c2ccc3c(oc4ccccc43)c2-c2c3ccccc3c(-c3ccc(-c4ccc5ccccc5c4)cc3)c3ccccc23)cc1. The monoisotopic (exact) mass is 1840 g/mol. The lowest BCUT2D eigenvalue weighted by Gasteiger charge is -2.20. The lowest BCUT2D eigenvalue weighted by atomic mass is 9.83. The molecular formula is C142H88O3. The highest BCUT2D eigenvalue weighted by molar-refractivity contribution is 6.32.